The van der Waals surface area contributed by atoms with Crippen molar-refractivity contribution in [2.45, 2.75) is 37.5 Å². The molecule has 0 radical (unpaired) electrons. The van der Waals surface area contributed by atoms with Crippen LogP contribution in [-0.4, -0.2) is 19.7 Å². The monoisotopic (exact) mass is 296 g/mol. The molecule has 0 N–H and O–H groups in total. The molecule has 6 heteroatoms. The van der Waals surface area contributed by atoms with Crippen molar-refractivity contribution in [1.29, 1.82) is 0 Å². The van der Waals surface area contributed by atoms with E-state index in [9.17, 15) is 0 Å². The van der Waals surface area contributed by atoms with E-state index in [0.29, 0.717) is 22.8 Å². The van der Waals surface area contributed by atoms with Gasteiger partial charge in [0.25, 0.3) is 0 Å². The summed E-state index contributed by atoms with van der Waals surface area (Å²) in [6.45, 7) is 0. The van der Waals surface area contributed by atoms with Crippen molar-refractivity contribution in [2.24, 2.45) is 0 Å². The Morgan fingerprint density at radius 2 is 2.05 bits per heavy atom. The van der Waals surface area contributed by atoms with Crippen molar-refractivity contribution in [2.75, 3.05) is 0 Å². The minimum atomic E-state index is 0.380. The maximum Gasteiger partial charge on any atom is 0.173 e. The molecule has 3 rings (SSSR count). The van der Waals surface area contributed by atoms with Crippen LogP contribution in [0.25, 0.3) is 5.82 Å². The summed E-state index contributed by atoms with van der Waals surface area (Å²) >= 11 is 12.4. The molecule has 0 spiro atoms. The Labute approximate surface area is 121 Å². The normalized spacial score (nSPS) is 16.1. The first-order chi connectivity index (χ1) is 9.31. The molecular weight excluding hydrogens is 283 g/mol. The molecule has 19 heavy (non-hydrogen) atoms. The molecule has 0 saturated heterocycles. The number of alkyl halides is 1. The highest BCUT2D eigenvalue weighted by atomic mass is 35.5. The van der Waals surface area contributed by atoms with Gasteiger partial charge in [-0.25, -0.2) is 9.67 Å². The maximum atomic E-state index is 6.39. The summed E-state index contributed by atoms with van der Waals surface area (Å²) in [4.78, 5) is 8.29. The number of nitrogens with zero attached hydrogens (tertiary/aromatic N) is 4. The molecule has 1 aliphatic rings. The van der Waals surface area contributed by atoms with Crippen LogP contribution in [0.2, 0.25) is 5.15 Å². The van der Waals surface area contributed by atoms with Crippen molar-refractivity contribution < 1.29 is 0 Å². The Kier molecular flexibility index (Phi) is 3.71. The second-order valence-corrected chi connectivity index (χ2v) is 5.37. The van der Waals surface area contributed by atoms with Gasteiger partial charge in [0.05, 0.1) is 17.8 Å². The molecule has 2 aromatic heterocycles. The van der Waals surface area contributed by atoms with Crippen LogP contribution >= 0.6 is 23.2 Å². The number of halogens is 2. The number of hydrogen-bond donors (Lipinski definition) is 0. The standard InChI is InChI=1S/C13H14Cl2N4/c14-7-10-12(9-3-1-2-4-9)18-19(13(10)15)11-8-16-5-6-17-11/h5-6,8-9H,1-4,7H2. The minimum Gasteiger partial charge on any atom is -0.259 e. The first-order valence-electron chi connectivity index (χ1n) is 6.41. The van der Waals surface area contributed by atoms with Crippen LogP contribution in [0, 0.1) is 0 Å². The summed E-state index contributed by atoms with van der Waals surface area (Å²) in [6.07, 6.45) is 9.74. The van der Waals surface area contributed by atoms with Crippen LogP contribution in [0.4, 0.5) is 0 Å². The van der Waals surface area contributed by atoms with Gasteiger partial charge in [-0.15, -0.1) is 11.6 Å². The van der Waals surface area contributed by atoms with Gasteiger partial charge in [-0.2, -0.15) is 5.10 Å². The highest BCUT2D eigenvalue weighted by Crippen LogP contribution is 2.38. The van der Waals surface area contributed by atoms with Gasteiger partial charge in [-0.05, 0) is 12.8 Å². The van der Waals surface area contributed by atoms with Crippen LogP contribution < -0.4 is 0 Å². The molecule has 100 valence electrons. The highest BCUT2D eigenvalue weighted by molar-refractivity contribution is 6.31. The molecule has 0 unspecified atom stereocenters. The van der Waals surface area contributed by atoms with Crippen LogP contribution in [-0.2, 0) is 5.88 Å². The van der Waals surface area contributed by atoms with Gasteiger partial charge >= 0.3 is 0 Å². The first-order valence-corrected chi connectivity index (χ1v) is 7.32. The van der Waals surface area contributed by atoms with Crippen molar-refractivity contribution in [3.63, 3.8) is 0 Å². The van der Waals surface area contributed by atoms with E-state index in [1.54, 1.807) is 23.3 Å². The van der Waals surface area contributed by atoms with Crippen molar-refractivity contribution in [1.82, 2.24) is 19.7 Å². The van der Waals surface area contributed by atoms with Crippen molar-refractivity contribution in [3.8, 4) is 5.82 Å². The minimum absolute atomic E-state index is 0.380. The molecule has 0 aromatic carbocycles. The molecule has 1 fully saturated rings. The Bertz CT molecular complexity index is 562. The van der Waals surface area contributed by atoms with E-state index in [1.807, 2.05) is 0 Å². The SMILES string of the molecule is ClCc1c(C2CCCC2)nn(-c2cnccn2)c1Cl. The average Bonchev–Trinajstić information content (AvgIpc) is 3.07. The lowest BCUT2D eigenvalue weighted by Gasteiger charge is -2.06. The van der Waals surface area contributed by atoms with Gasteiger partial charge in [-0.3, -0.25) is 4.98 Å². The van der Waals surface area contributed by atoms with Gasteiger partial charge < -0.3 is 0 Å². The second kappa shape index (κ2) is 5.47. The molecule has 0 amide bonds. The number of aromatic nitrogens is 4. The molecule has 2 heterocycles. The summed E-state index contributed by atoms with van der Waals surface area (Å²) in [6, 6.07) is 0. The Morgan fingerprint density at radius 3 is 2.68 bits per heavy atom. The Hall–Kier alpha value is -1.13. The molecule has 1 saturated carbocycles. The Balaban J connectivity index is 2.07. The van der Waals surface area contributed by atoms with Crippen LogP contribution in [0.3, 0.4) is 0 Å². The van der Waals surface area contributed by atoms with E-state index in [1.165, 1.54) is 12.8 Å². The summed E-state index contributed by atoms with van der Waals surface area (Å²) in [5.74, 6) is 1.48. The van der Waals surface area contributed by atoms with E-state index < -0.39 is 0 Å². The molecular formula is C13H14Cl2N4. The summed E-state index contributed by atoms with van der Waals surface area (Å²) in [5, 5.41) is 5.18. The van der Waals surface area contributed by atoms with E-state index in [0.717, 1.165) is 24.1 Å². The molecule has 1 aliphatic carbocycles. The first kappa shape index (κ1) is 12.9. The number of hydrogen-bond acceptors (Lipinski definition) is 3. The van der Waals surface area contributed by atoms with Gasteiger partial charge in [-0.1, -0.05) is 24.4 Å². The van der Waals surface area contributed by atoms with E-state index in [2.05, 4.69) is 15.1 Å². The zero-order chi connectivity index (χ0) is 13.2. The zero-order valence-electron chi connectivity index (χ0n) is 10.4. The summed E-state index contributed by atoms with van der Waals surface area (Å²) in [7, 11) is 0. The lowest BCUT2D eigenvalue weighted by molar-refractivity contribution is 0.671. The highest BCUT2D eigenvalue weighted by Gasteiger charge is 2.26. The second-order valence-electron chi connectivity index (χ2n) is 4.75. The largest absolute Gasteiger partial charge is 0.259 e. The van der Waals surface area contributed by atoms with Crippen molar-refractivity contribution >= 4 is 23.2 Å². The van der Waals surface area contributed by atoms with Gasteiger partial charge in [0.1, 0.15) is 5.15 Å². The third kappa shape index (κ3) is 2.35. The topological polar surface area (TPSA) is 43.6 Å². The van der Waals surface area contributed by atoms with Crippen LogP contribution in [0.1, 0.15) is 42.9 Å². The van der Waals surface area contributed by atoms with Crippen LogP contribution in [0.5, 0.6) is 0 Å². The third-order valence-corrected chi connectivity index (χ3v) is 4.25. The quantitative estimate of drug-likeness (QED) is 0.811. The fraction of sp³-hybridized carbons (Fsp3) is 0.462. The van der Waals surface area contributed by atoms with Gasteiger partial charge in [0.15, 0.2) is 5.82 Å². The molecule has 2 aromatic rings. The predicted octanol–water partition coefficient (Wildman–Crippen LogP) is 3.71. The number of rotatable bonds is 3. The molecule has 4 nitrogen and oxygen atoms in total. The van der Waals surface area contributed by atoms with E-state index in [4.69, 9.17) is 23.2 Å². The lowest BCUT2D eigenvalue weighted by atomic mass is 10.0. The van der Waals surface area contributed by atoms with Gasteiger partial charge in [0.2, 0.25) is 0 Å². The van der Waals surface area contributed by atoms with Gasteiger partial charge in [0, 0.05) is 23.9 Å². The van der Waals surface area contributed by atoms with Crippen molar-refractivity contribution in [3.05, 3.63) is 35.0 Å². The molecule has 0 atom stereocenters. The maximum absolute atomic E-state index is 6.39. The summed E-state index contributed by atoms with van der Waals surface area (Å²) in [5.41, 5.74) is 1.96. The molecule has 0 aliphatic heterocycles. The van der Waals surface area contributed by atoms with E-state index in [-0.39, 0.29) is 0 Å². The third-order valence-electron chi connectivity index (χ3n) is 3.59. The fourth-order valence-electron chi connectivity index (χ4n) is 2.65. The lowest BCUT2D eigenvalue weighted by Crippen LogP contribution is -2.02. The predicted molar refractivity (Wildman–Crippen MR) is 74.9 cm³/mol. The molecule has 0 bridgehead atoms. The van der Waals surface area contributed by atoms with E-state index >= 15 is 0 Å². The van der Waals surface area contributed by atoms with Crippen LogP contribution in [0.15, 0.2) is 18.6 Å². The average molecular weight is 297 g/mol. The zero-order valence-corrected chi connectivity index (χ0v) is 11.9. The summed E-state index contributed by atoms with van der Waals surface area (Å²) < 4.78 is 1.64. The fourth-order valence-corrected chi connectivity index (χ4v) is 3.27. The smallest absolute Gasteiger partial charge is 0.173 e. The Morgan fingerprint density at radius 1 is 1.26 bits per heavy atom.